The Labute approximate surface area is 295 Å². The molecule has 0 radical (unpaired) electrons. The fraction of sp³-hybridized carbons (Fsp3) is 0.267. The van der Waals surface area contributed by atoms with Crippen molar-refractivity contribution in [3.63, 3.8) is 0 Å². The summed E-state index contributed by atoms with van der Waals surface area (Å²) in [7, 11) is 0. The van der Waals surface area contributed by atoms with E-state index in [-0.39, 0.29) is 63.5 Å². The fourth-order valence-corrected chi connectivity index (χ4v) is 4.56. The molecule has 0 saturated heterocycles. The van der Waals surface area contributed by atoms with Crippen LogP contribution in [0.5, 0.6) is 0 Å². The second-order valence-electron chi connectivity index (χ2n) is 8.12. The maximum Gasteiger partial charge on any atom is 1.00 e. The summed E-state index contributed by atoms with van der Waals surface area (Å²) in [5.41, 5.74) is 7.74. The van der Waals surface area contributed by atoms with Gasteiger partial charge in [0, 0.05) is 30.6 Å². The van der Waals surface area contributed by atoms with Crippen LogP contribution in [-0.4, -0.2) is 27.2 Å². The van der Waals surface area contributed by atoms with Crippen molar-refractivity contribution in [3.05, 3.63) is 122 Å². The first kappa shape index (κ1) is 40.6. The number of nitrogens with one attached hydrogen (secondary N) is 1. The molecular weight excluding hydrogens is 594 g/mol. The molecule has 0 atom stereocenters. The number of aryl methyl sites for hydroxylation is 4. The van der Waals surface area contributed by atoms with Gasteiger partial charge in [0.15, 0.2) is 0 Å². The number of aliphatic hydroxyl groups excluding tert-OH is 1. The minimum Gasteiger partial charge on any atom is -0.870 e. The number of thioether (sulfide) groups is 1. The Morgan fingerprint density at radius 2 is 1.46 bits per heavy atom. The van der Waals surface area contributed by atoms with Crippen molar-refractivity contribution in [1.82, 2.24) is 9.97 Å². The summed E-state index contributed by atoms with van der Waals surface area (Å²) in [6.07, 6.45) is 3.58. The van der Waals surface area contributed by atoms with Gasteiger partial charge in [-0.1, -0.05) is 77.4 Å². The van der Waals surface area contributed by atoms with E-state index in [1.165, 1.54) is 33.4 Å². The Morgan fingerprint density at radius 3 is 1.90 bits per heavy atom. The van der Waals surface area contributed by atoms with E-state index < -0.39 is 0 Å². The van der Waals surface area contributed by atoms with E-state index >= 15 is 0 Å². The van der Waals surface area contributed by atoms with Gasteiger partial charge >= 0.3 is 51.4 Å². The molecule has 206 valence electrons. The molecule has 9 heteroatoms. The average molecular weight is 632 g/mol. The van der Waals surface area contributed by atoms with E-state index in [1.54, 1.807) is 24.9 Å². The van der Waals surface area contributed by atoms with E-state index in [0.29, 0.717) is 5.88 Å². The van der Waals surface area contributed by atoms with Crippen LogP contribution < -0.4 is 51.4 Å². The predicted molar refractivity (Wildman–Crippen MR) is 167 cm³/mol. The van der Waals surface area contributed by atoms with Crippen LogP contribution >= 0.6 is 47.2 Å². The van der Waals surface area contributed by atoms with Crippen molar-refractivity contribution in [1.29, 1.82) is 0 Å². The first-order valence-corrected chi connectivity index (χ1v) is 14.2. The molecule has 4 rings (SSSR count). The predicted octanol–water partition coefficient (Wildman–Crippen LogP) is 6.26. The third kappa shape index (κ3) is 17.8. The molecule has 4 aromatic rings. The number of rotatable bonds is 4. The van der Waals surface area contributed by atoms with Gasteiger partial charge in [-0.2, -0.15) is 0 Å². The number of halogens is 2. The number of aliphatic hydroxyl groups is 1. The topological polar surface area (TPSA) is 78.9 Å². The van der Waals surface area contributed by atoms with Crippen molar-refractivity contribution in [2.45, 2.75) is 51.3 Å². The van der Waals surface area contributed by atoms with Gasteiger partial charge in [-0.3, -0.25) is 0 Å². The molecule has 4 nitrogen and oxygen atoms in total. The Morgan fingerprint density at radius 1 is 0.897 bits per heavy atom. The van der Waals surface area contributed by atoms with Gasteiger partial charge in [0.2, 0.25) is 0 Å². The molecule has 0 bridgehead atoms. The summed E-state index contributed by atoms with van der Waals surface area (Å²) >= 11 is 18.2. The standard InChI is InChI=1S/C14H14ClNS.C9H11Cl.C5H5NS.C2H6O.K.H2O/c1-10-5-6-11(2)12(8-10)9-17-14-13(15)4-3-7-16-14;1-7-3-4-8(2)9(5-7)6-10;7-5-3-1-2-4-6-5;1-2-3;;/h3-8H,9H2,1-2H3;3-5H,6H2,1-2H3;1-4H,(H,6,7);3H,2H2,1H3;;1H2/q;;;;+1;/p-1. The van der Waals surface area contributed by atoms with Crippen LogP contribution in [0.2, 0.25) is 5.02 Å². The van der Waals surface area contributed by atoms with E-state index in [9.17, 15) is 0 Å². The number of nitrogens with zero attached hydrogens (tertiary/aromatic N) is 1. The van der Waals surface area contributed by atoms with Crippen molar-refractivity contribution in [2.24, 2.45) is 0 Å². The molecule has 0 saturated carbocycles. The molecule has 0 fully saturated rings. The summed E-state index contributed by atoms with van der Waals surface area (Å²) in [4.78, 5) is 7.12. The number of H-pyrrole nitrogens is 1. The number of hydrogen-bond acceptors (Lipinski definition) is 5. The molecule has 2 aromatic heterocycles. The zero-order valence-electron chi connectivity index (χ0n) is 23.5. The summed E-state index contributed by atoms with van der Waals surface area (Å²) < 4.78 is 0.780. The second-order valence-corrected chi connectivity index (χ2v) is 10.2. The summed E-state index contributed by atoms with van der Waals surface area (Å²) in [6.45, 7) is 10.3. The molecule has 0 amide bonds. The van der Waals surface area contributed by atoms with Crippen LogP contribution in [-0.2, 0) is 11.6 Å². The molecular formula is C30H37Cl2KN2O2S2. The fourth-order valence-electron chi connectivity index (χ4n) is 2.90. The summed E-state index contributed by atoms with van der Waals surface area (Å²) in [6, 6.07) is 22.2. The Bertz CT molecular complexity index is 1260. The summed E-state index contributed by atoms with van der Waals surface area (Å²) in [5, 5.41) is 9.19. The third-order valence-corrected chi connectivity index (χ3v) is 6.94. The van der Waals surface area contributed by atoms with Crippen molar-refractivity contribution in [3.8, 4) is 0 Å². The van der Waals surface area contributed by atoms with Gasteiger partial charge in [-0.05, 0) is 81.1 Å². The molecule has 0 aliphatic carbocycles. The largest absolute Gasteiger partial charge is 1.00 e. The van der Waals surface area contributed by atoms with E-state index in [2.05, 4.69) is 74.1 Å². The van der Waals surface area contributed by atoms with Crippen molar-refractivity contribution < 1.29 is 62.0 Å². The SMILES string of the molecule is CCO.Cc1ccc(C)c(CCl)c1.Cc1ccc(C)c(CSc2ncccc2Cl)c1.S=c1cccc[nH]1.[K+].[OH-]. The Hall–Kier alpha value is -0.554. The maximum atomic E-state index is 7.57. The van der Waals surface area contributed by atoms with Crippen LogP contribution in [0.15, 0.2) is 84.1 Å². The van der Waals surface area contributed by atoms with Gasteiger partial charge in [0.1, 0.15) is 9.67 Å². The number of pyridine rings is 2. The smallest absolute Gasteiger partial charge is 0.870 e. The van der Waals surface area contributed by atoms with Crippen LogP contribution in [0.25, 0.3) is 0 Å². The minimum absolute atomic E-state index is 0. The first-order valence-electron chi connectivity index (χ1n) is 11.9. The monoisotopic (exact) mass is 630 g/mol. The number of aromatic nitrogens is 2. The van der Waals surface area contributed by atoms with Gasteiger partial charge in [-0.15, -0.1) is 23.4 Å². The molecule has 3 N–H and O–H groups in total. The molecule has 39 heavy (non-hydrogen) atoms. The molecule has 0 aliphatic rings. The Balaban J connectivity index is 0. The van der Waals surface area contributed by atoms with Crippen LogP contribution in [0, 0.1) is 32.3 Å². The van der Waals surface area contributed by atoms with Gasteiger partial charge in [0.05, 0.1) is 5.02 Å². The summed E-state index contributed by atoms with van der Waals surface area (Å²) in [5.74, 6) is 1.53. The van der Waals surface area contributed by atoms with Crippen LogP contribution in [0.1, 0.15) is 40.3 Å². The van der Waals surface area contributed by atoms with Gasteiger partial charge < -0.3 is 15.6 Å². The number of benzene rings is 2. The van der Waals surface area contributed by atoms with E-state index in [0.717, 1.165) is 20.4 Å². The second kappa shape index (κ2) is 24.1. The van der Waals surface area contributed by atoms with Gasteiger partial charge in [-0.25, -0.2) is 4.98 Å². The number of alkyl halides is 1. The van der Waals surface area contributed by atoms with E-state index in [4.69, 9.17) is 40.5 Å². The third-order valence-electron chi connectivity index (χ3n) is 4.92. The minimum atomic E-state index is 0. The molecule has 0 aliphatic heterocycles. The van der Waals surface area contributed by atoms with E-state index in [1.807, 2.05) is 36.5 Å². The maximum absolute atomic E-state index is 7.57. The Kier molecular flexibility index (Phi) is 25.1. The normalized spacial score (nSPS) is 9.13. The van der Waals surface area contributed by atoms with Crippen LogP contribution in [0.3, 0.4) is 0 Å². The van der Waals surface area contributed by atoms with Crippen LogP contribution in [0.4, 0.5) is 0 Å². The van der Waals surface area contributed by atoms with Gasteiger partial charge in [0.25, 0.3) is 0 Å². The molecule has 2 heterocycles. The first-order chi connectivity index (χ1) is 17.7. The molecule has 0 spiro atoms. The molecule has 2 aromatic carbocycles. The van der Waals surface area contributed by atoms with Crippen molar-refractivity contribution >= 4 is 47.2 Å². The van der Waals surface area contributed by atoms with Crippen molar-refractivity contribution in [2.75, 3.05) is 6.61 Å². The average Bonchev–Trinajstić information content (AvgIpc) is 2.88. The zero-order chi connectivity index (χ0) is 27.6. The number of aromatic amines is 1. The number of hydrogen-bond donors (Lipinski definition) is 2. The molecule has 0 unspecified atom stereocenters. The zero-order valence-corrected chi connectivity index (χ0v) is 29.8. The quantitative estimate of drug-likeness (QED) is 0.120.